The SMILES string of the molecule is COc1cccc(CN(C)[C@H](C)C(=O)Nc2cccc3ccccc23)c1. The Kier molecular flexibility index (Phi) is 5.54. The monoisotopic (exact) mass is 348 g/mol. The molecule has 0 aromatic heterocycles. The van der Waals surface area contributed by atoms with E-state index in [9.17, 15) is 4.79 Å². The zero-order valence-electron chi connectivity index (χ0n) is 15.4. The van der Waals surface area contributed by atoms with Gasteiger partial charge in [-0.25, -0.2) is 0 Å². The zero-order chi connectivity index (χ0) is 18.5. The fraction of sp³-hybridized carbons (Fsp3) is 0.227. The van der Waals surface area contributed by atoms with E-state index in [1.165, 1.54) is 0 Å². The van der Waals surface area contributed by atoms with Gasteiger partial charge in [0.15, 0.2) is 0 Å². The maximum atomic E-state index is 12.7. The van der Waals surface area contributed by atoms with Crippen molar-refractivity contribution in [1.29, 1.82) is 0 Å². The Balaban J connectivity index is 1.70. The Morgan fingerprint density at radius 1 is 1.08 bits per heavy atom. The Hall–Kier alpha value is -2.85. The van der Waals surface area contributed by atoms with Crippen molar-refractivity contribution in [3.63, 3.8) is 0 Å². The van der Waals surface area contributed by atoms with Crippen molar-refractivity contribution in [3.05, 3.63) is 72.3 Å². The molecule has 1 atom stereocenters. The maximum Gasteiger partial charge on any atom is 0.241 e. The average molecular weight is 348 g/mol. The maximum absolute atomic E-state index is 12.7. The molecule has 3 aromatic rings. The molecule has 134 valence electrons. The molecule has 0 heterocycles. The molecule has 0 unspecified atom stereocenters. The number of carbonyl (C=O) groups is 1. The van der Waals surface area contributed by atoms with Gasteiger partial charge in [-0.1, -0.05) is 48.5 Å². The number of methoxy groups -OCH3 is 1. The molecule has 0 saturated heterocycles. The molecule has 26 heavy (non-hydrogen) atoms. The van der Waals surface area contributed by atoms with Gasteiger partial charge in [-0.2, -0.15) is 0 Å². The predicted octanol–water partition coefficient (Wildman–Crippen LogP) is 4.31. The first-order valence-corrected chi connectivity index (χ1v) is 8.70. The standard InChI is InChI=1S/C22H24N2O2/c1-16(24(2)15-17-8-6-11-19(14-17)26-3)22(25)23-21-13-7-10-18-9-4-5-12-20(18)21/h4-14,16H,15H2,1-3H3,(H,23,25)/t16-/m1/s1. The molecule has 0 aliphatic heterocycles. The summed E-state index contributed by atoms with van der Waals surface area (Å²) in [6, 6.07) is 21.6. The van der Waals surface area contributed by atoms with Gasteiger partial charge in [0.25, 0.3) is 0 Å². The largest absolute Gasteiger partial charge is 0.497 e. The Labute approximate surface area is 154 Å². The second-order valence-corrected chi connectivity index (χ2v) is 6.46. The summed E-state index contributed by atoms with van der Waals surface area (Å²) in [6.07, 6.45) is 0. The van der Waals surface area contributed by atoms with Gasteiger partial charge in [0, 0.05) is 17.6 Å². The van der Waals surface area contributed by atoms with Crippen molar-refractivity contribution in [2.24, 2.45) is 0 Å². The number of carbonyl (C=O) groups excluding carboxylic acids is 1. The summed E-state index contributed by atoms with van der Waals surface area (Å²) < 4.78 is 5.27. The van der Waals surface area contributed by atoms with E-state index in [0.717, 1.165) is 27.8 Å². The summed E-state index contributed by atoms with van der Waals surface area (Å²) in [6.45, 7) is 2.59. The first-order chi connectivity index (χ1) is 12.6. The smallest absolute Gasteiger partial charge is 0.241 e. The molecule has 0 saturated carbocycles. The van der Waals surface area contributed by atoms with Crippen LogP contribution in [-0.2, 0) is 11.3 Å². The third-order valence-electron chi connectivity index (χ3n) is 4.65. The highest BCUT2D eigenvalue weighted by atomic mass is 16.5. The molecule has 4 heteroatoms. The topological polar surface area (TPSA) is 41.6 Å². The number of rotatable bonds is 6. The van der Waals surface area contributed by atoms with Crippen LogP contribution in [0.15, 0.2) is 66.7 Å². The number of fused-ring (bicyclic) bond motifs is 1. The molecule has 3 rings (SSSR count). The number of nitrogens with one attached hydrogen (secondary N) is 1. The summed E-state index contributed by atoms with van der Waals surface area (Å²) in [5, 5.41) is 5.23. The summed E-state index contributed by atoms with van der Waals surface area (Å²) in [5.41, 5.74) is 1.95. The summed E-state index contributed by atoms with van der Waals surface area (Å²) in [4.78, 5) is 14.8. The van der Waals surface area contributed by atoms with Crippen LogP contribution in [-0.4, -0.2) is 31.0 Å². The lowest BCUT2D eigenvalue weighted by Gasteiger charge is -2.24. The van der Waals surface area contributed by atoms with Gasteiger partial charge in [0.2, 0.25) is 5.91 Å². The van der Waals surface area contributed by atoms with Crippen molar-refractivity contribution < 1.29 is 9.53 Å². The Morgan fingerprint density at radius 2 is 1.81 bits per heavy atom. The van der Waals surface area contributed by atoms with E-state index in [0.29, 0.717) is 6.54 Å². The van der Waals surface area contributed by atoms with Gasteiger partial charge in [0.1, 0.15) is 5.75 Å². The van der Waals surface area contributed by atoms with Gasteiger partial charge in [-0.15, -0.1) is 0 Å². The van der Waals surface area contributed by atoms with Crippen LogP contribution in [0.1, 0.15) is 12.5 Å². The summed E-state index contributed by atoms with van der Waals surface area (Å²) in [5.74, 6) is 0.801. The number of hydrogen-bond acceptors (Lipinski definition) is 3. The molecule has 0 spiro atoms. The molecule has 3 aromatic carbocycles. The minimum absolute atomic E-state index is 0.0215. The first kappa shape index (κ1) is 18.0. The number of likely N-dealkylation sites (N-methyl/N-ethyl adjacent to an activating group) is 1. The zero-order valence-corrected chi connectivity index (χ0v) is 15.4. The molecule has 0 radical (unpaired) electrons. The van der Waals surface area contributed by atoms with E-state index >= 15 is 0 Å². The third kappa shape index (κ3) is 4.03. The van der Waals surface area contributed by atoms with Crippen LogP contribution >= 0.6 is 0 Å². The highest BCUT2D eigenvalue weighted by Crippen LogP contribution is 2.23. The van der Waals surface area contributed by atoms with Crippen molar-refractivity contribution in [2.45, 2.75) is 19.5 Å². The van der Waals surface area contributed by atoms with Crippen LogP contribution in [0.25, 0.3) is 10.8 Å². The van der Waals surface area contributed by atoms with Gasteiger partial charge < -0.3 is 10.1 Å². The quantitative estimate of drug-likeness (QED) is 0.722. The van der Waals surface area contributed by atoms with Gasteiger partial charge in [0.05, 0.1) is 13.2 Å². The number of ether oxygens (including phenoxy) is 1. The lowest BCUT2D eigenvalue weighted by atomic mass is 10.1. The highest BCUT2D eigenvalue weighted by molar-refractivity contribution is 6.03. The fourth-order valence-electron chi connectivity index (χ4n) is 2.97. The Morgan fingerprint density at radius 3 is 2.62 bits per heavy atom. The van der Waals surface area contributed by atoms with Crippen LogP contribution in [0.4, 0.5) is 5.69 Å². The molecule has 1 N–H and O–H groups in total. The first-order valence-electron chi connectivity index (χ1n) is 8.70. The molecule has 0 aliphatic rings. The number of anilines is 1. The molecule has 0 aliphatic carbocycles. The predicted molar refractivity (Wildman–Crippen MR) is 107 cm³/mol. The normalized spacial score (nSPS) is 12.2. The van der Waals surface area contributed by atoms with Gasteiger partial charge >= 0.3 is 0 Å². The van der Waals surface area contributed by atoms with E-state index in [-0.39, 0.29) is 11.9 Å². The third-order valence-corrected chi connectivity index (χ3v) is 4.65. The van der Waals surface area contributed by atoms with Crippen molar-refractivity contribution in [1.82, 2.24) is 4.90 Å². The van der Waals surface area contributed by atoms with Crippen LogP contribution in [0, 0.1) is 0 Å². The summed E-state index contributed by atoms with van der Waals surface area (Å²) >= 11 is 0. The van der Waals surface area contributed by atoms with Crippen LogP contribution in [0.2, 0.25) is 0 Å². The number of amides is 1. The number of hydrogen-bond donors (Lipinski definition) is 1. The number of nitrogens with zero attached hydrogens (tertiary/aromatic N) is 1. The molecule has 0 fully saturated rings. The van der Waals surface area contributed by atoms with E-state index in [1.807, 2.05) is 85.6 Å². The van der Waals surface area contributed by atoms with E-state index in [4.69, 9.17) is 4.74 Å². The second kappa shape index (κ2) is 8.02. The molecule has 4 nitrogen and oxygen atoms in total. The average Bonchev–Trinajstić information content (AvgIpc) is 2.67. The van der Waals surface area contributed by atoms with Crippen molar-refractivity contribution in [3.8, 4) is 5.75 Å². The van der Waals surface area contributed by atoms with Crippen molar-refractivity contribution in [2.75, 3.05) is 19.5 Å². The van der Waals surface area contributed by atoms with E-state index in [2.05, 4.69) is 5.32 Å². The lowest BCUT2D eigenvalue weighted by molar-refractivity contribution is -0.120. The highest BCUT2D eigenvalue weighted by Gasteiger charge is 2.19. The minimum atomic E-state index is -0.264. The van der Waals surface area contributed by atoms with E-state index < -0.39 is 0 Å². The lowest BCUT2D eigenvalue weighted by Crippen LogP contribution is -2.39. The van der Waals surface area contributed by atoms with E-state index in [1.54, 1.807) is 7.11 Å². The fourth-order valence-corrected chi connectivity index (χ4v) is 2.97. The van der Waals surface area contributed by atoms with Crippen LogP contribution in [0.3, 0.4) is 0 Å². The van der Waals surface area contributed by atoms with Crippen LogP contribution < -0.4 is 10.1 Å². The van der Waals surface area contributed by atoms with Gasteiger partial charge in [-0.05, 0) is 43.1 Å². The van der Waals surface area contributed by atoms with Crippen molar-refractivity contribution >= 4 is 22.4 Å². The molecule has 0 bridgehead atoms. The van der Waals surface area contributed by atoms with Crippen LogP contribution in [0.5, 0.6) is 5.75 Å². The van der Waals surface area contributed by atoms with Gasteiger partial charge in [-0.3, -0.25) is 9.69 Å². The summed E-state index contributed by atoms with van der Waals surface area (Å²) in [7, 11) is 3.61. The second-order valence-electron chi connectivity index (χ2n) is 6.46. The molecular weight excluding hydrogens is 324 g/mol. The number of benzene rings is 3. The molecular formula is C22H24N2O2. The molecule has 1 amide bonds. The minimum Gasteiger partial charge on any atom is -0.497 e. The Bertz CT molecular complexity index is 902.